The molecule has 1 unspecified atom stereocenters. The fourth-order valence-electron chi connectivity index (χ4n) is 1.80. The molecule has 0 saturated carbocycles. The van der Waals surface area contributed by atoms with Gasteiger partial charge in [-0.05, 0) is 31.0 Å². The van der Waals surface area contributed by atoms with E-state index in [1.165, 1.54) is 12.1 Å². The van der Waals surface area contributed by atoms with Gasteiger partial charge >= 0.3 is 5.97 Å². The zero-order valence-electron chi connectivity index (χ0n) is 12.7. The molecule has 2 N–H and O–H groups in total. The Balaban J connectivity index is 2.66. The molecule has 0 aliphatic heterocycles. The molecular weight excluding hydrogens is 357 g/mol. The molecular formula is C15H19BrFNO4. The quantitative estimate of drug-likeness (QED) is 0.767. The molecule has 0 heterocycles. The van der Waals surface area contributed by atoms with Crippen LogP contribution >= 0.6 is 15.9 Å². The minimum absolute atomic E-state index is 0.0390. The summed E-state index contributed by atoms with van der Waals surface area (Å²) in [7, 11) is 0. The van der Waals surface area contributed by atoms with E-state index in [0.29, 0.717) is 4.47 Å². The molecule has 0 aromatic heterocycles. The SMILES string of the molecule is CC(C)C(C)(CC(=O)O)NC(=O)COc1ccc(Br)cc1F. The molecule has 1 aromatic carbocycles. The molecule has 1 atom stereocenters. The van der Waals surface area contributed by atoms with Gasteiger partial charge in [0.15, 0.2) is 18.2 Å². The topological polar surface area (TPSA) is 75.6 Å². The van der Waals surface area contributed by atoms with Crippen molar-refractivity contribution in [2.24, 2.45) is 5.92 Å². The lowest BCUT2D eigenvalue weighted by atomic mass is 9.85. The molecule has 1 aromatic rings. The van der Waals surface area contributed by atoms with Crippen molar-refractivity contribution in [2.45, 2.75) is 32.7 Å². The van der Waals surface area contributed by atoms with Gasteiger partial charge in [0.25, 0.3) is 5.91 Å². The van der Waals surface area contributed by atoms with Gasteiger partial charge in [-0.2, -0.15) is 0 Å². The van der Waals surface area contributed by atoms with Gasteiger partial charge in [0, 0.05) is 4.47 Å². The third kappa shape index (κ3) is 5.29. The molecule has 0 saturated heterocycles. The van der Waals surface area contributed by atoms with E-state index in [1.54, 1.807) is 13.0 Å². The summed E-state index contributed by atoms with van der Waals surface area (Å²) in [6.07, 6.45) is -0.205. The number of carbonyl (C=O) groups excluding carboxylic acids is 1. The van der Waals surface area contributed by atoms with Crippen LogP contribution in [0, 0.1) is 11.7 Å². The first-order valence-electron chi connectivity index (χ1n) is 6.74. The summed E-state index contributed by atoms with van der Waals surface area (Å²) in [6.45, 7) is 4.90. The van der Waals surface area contributed by atoms with E-state index in [1.807, 2.05) is 13.8 Å². The van der Waals surface area contributed by atoms with E-state index in [4.69, 9.17) is 9.84 Å². The molecule has 7 heteroatoms. The van der Waals surface area contributed by atoms with E-state index in [9.17, 15) is 14.0 Å². The Morgan fingerprint density at radius 3 is 2.59 bits per heavy atom. The highest BCUT2D eigenvalue weighted by Gasteiger charge is 2.32. The summed E-state index contributed by atoms with van der Waals surface area (Å²) < 4.78 is 19.3. The monoisotopic (exact) mass is 375 g/mol. The largest absolute Gasteiger partial charge is 0.481 e. The van der Waals surface area contributed by atoms with Gasteiger partial charge in [-0.1, -0.05) is 29.8 Å². The van der Waals surface area contributed by atoms with Crippen LogP contribution in [0.5, 0.6) is 5.75 Å². The number of halogens is 2. The van der Waals surface area contributed by atoms with Crippen LogP contribution in [0.25, 0.3) is 0 Å². The number of rotatable bonds is 7. The first kappa shape index (κ1) is 18.4. The zero-order valence-corrected chi connectivity index (χ0v) is 14.2. The average molecular weight is 376 g/mol. The lowest BCUT2D eigenvalue weighted by Crippen LogP contribution is -2.52. The average Bonchev–Trinajstić information content (AvgIpc) is 2.36. The van der Waals surface area contributed by atoms with E-state index < -0.39 is 23.2 Å². The number of benzene rings is 1. The number of ether oxygens (including phenoxy) is 1. The third-order valence-corrected chi connectivity index (χ3v) is 3.96. The van der Waals surface area contributed by atoms with E-state index in [-0.39, 0.29) is 24.7 Å². The van der Waals surface area contributed by atoms with Gasteiger partial charge in [0.1, 0.15) is 0 Å². The lowest BCUT2D eigenvalue weighted by molar-refractivity contribution is -0.139. The van der Waals surface area contributed by atoms with Crippen molar-refractivity contribution in [1.82, 2.24) is 5.32 Å². The molecule has 1 amide bonds. The van der Waals surface area contributed by atoms with Crippen LogP contribution in [0.4, 0.5) is 4.39 Å². The molecule has 1 rings (SSSR count). The number of aliphatic carboxylic acids is 1. The summed E-state index contributed by atoms with van der Waals surface area (Å²) in [5.41, 5.74) is -0.898. The Morgan fingerprint density at radius 2 is 2.09 bits per heavy atom. The van der Waals surface area contributed by atoms with E-state index >= 15 is 0 Å². The molecule has 122 valence electrons. The van der Waals surface area contributed by atoms with Crippen molar-refractivity contribution in [1.29, 1.82) is 0 Å². The predicted molar refractivity (Wildman–Crippen MR) is 83.2 cm³/mol. The van der Waals surface area contributed by atoms with Crippen LogP contribution in [0.15, 0.2) is 22.7 Å². The van der Waals surface area contributed by atoms with Crippen molar-refractivity contribution in [2.75, 3.05) is 6.61 Å². The highest BCUT2D eigenvalue weighted by molar-refractivity contribution is 9.10. The number of carboxylic acid groups (broad SMARTS) is 1. The highest BCUT2D eigenvalue weighted by atomic mass is 79.9. The number of nitrogens with one attached hydrogen (secondary N) is 1. The first-order chi connectivity index (χ1) is 10.1. The molecule has 0 bridgehead atoms. The van der Waals surface area contributed by atoms with Gasteiger partial charge < -0.3 is 15.2 Å². The third-order valence-electron chi connectivity index (χ3n) is 3.47. The highest BCUT2D eigenvalue weighted by Crippen LogP contribution is 2.22. The van der Waals surface area contributed by atoms with Gasteiger partial charge in [-0.3, -0.25) is 9.59 Å². The predicted octanol–water partition coefficient (Wildman–Crippen LogP) is 2.97. The van der Waals surface area contributed by atoms with Gasteiger partial charge in [-0.15, -0.1) is 0 Å². The Bertz CT molecular complexity index is 564. The van der Waals surface area contributed by atoms with Gasteiger partial charge in [0.05, 0.1) is 12.0 Å². The Morgan fingerprint density at radius 1 is 1.45 bits per heavy atom. The first-order valence-corrected chi connectivity index (χ1v) is 7.54. The van der Waals surface area contributed by atoms with E-state index in [0.717, 1.165) is 0 Å². The lowest BCUT2D eigenvalue weighted by Gasteiger charge is -2.33. The number of carboxylic acids is 1. The maximum Gasteiger partial charge on any atom is 0.305 e. The normalized spacial score (nSPS) is 13.5. The summed E-state index contributed by atoms with van der Waals surface area (Å²) >= 11 is 3.12. The second-order valence-corrected chi connectivity index (χ2v) is 6.47. The van der Waals surface area contributed by atoms with Crippen LogP contribution in [0.1, 0.15) is 27.2 Å². The van der Waals surface area contributed by atoms with Crippen LogP contribution in [0.2, 0.25) is 0 Å². The molecule has 22 heavy (non-hydrogen) atoms. The van der Waals surface area contributed by atoms with Crippen molar-refractivity contribution in [3.63, 3.8) is 0 Å². The molecule has 0 aliphatic rings. The minimum Gasteiger partial charge on any atom is -0.481 e. The smallest absolute Gasteiger partial charge is 0.305 e. The molecule has 5 nitrogen and oxygen atoms in total. The van der Waals surface area contributed by atoms with Crippen LogP contribution in [-0.2, 0) is 9.59 Å². The fourth-order valence-corrected chi connectivity index (χ4v) is 2.13. The van der Waals surface area contributed by atoms with Crippen molar-refractivity contribution in [3.8, 4) is 5.75 Å². The summed E-state index contributed by atoms with van der Waals surface area (Å²) in [5.74, 6) is -2.21. The van der Waals surface area contributed by atoms with Crippen LogP contribution < -0.4 is 10.1 Å². The summed E-state index contributed by atoms with van der Waals surface area (Å²) in [4.78, 5) is 22.9. The number of hydrogen-bond acceptors (Lipinski definition) is 3. The standard InChI is InChI=1S/C15H19BrFNO4/c1-9(2)15(3,7-14(20)21)18-13(19)8-22-12-5-4-10(16)6-11(12)17/h4-6,9H,7-8H2,1-3H3,(H,18,19)(H,20,21). The number of amides is 1. The van der Waals surface area contributed by atoms with Gasteiger partial charge in [-0.25, -0.2) is 4.39 Å². The Kier molecular flexibility index (Phi) is 6.34. The van der Waals surface area contributed by atoms with Crippen LogP contribution in [-0.4, -0.2) is 29.1 Å². The van der Waals surface area contributed by atoms with Crippen molar-refractivity contribution >= 4 is 27.8 Å². The van der Waals surface area contributed by atoms with E-state index in [2.05, 4.69) is 21.2 Å². The number of hydrogen-bond donors (Lipinski definition) is 2. The maximum atomic E-state index is 13.6. The molecule has 0 aliphatic carbocycles. The second-order valence-electron chi connectivity index (χ2n) is 5.55. The Labute approximate surface area is 137 Å². The maximum absolute atomic E-state index is 13.6. The summed E-state index contributed by atoms with van der Waals surface area (Å²) in [6, 6.07) is 4.24. The molecule has 0 radical (unpaired) electrons. The van der Waals surface area contributed by atoms with Crippen molar-refractivity contribution in [3.05, 3.63) is 28.5 Å². The van der Waals surface area contributed by atoms with Gasteiger partial charge in [0.2, 0.25) is 0 Å². The van der Waals surface area contributed by atoms with Crippen molar-refractivity contribution < 1.29 is 23.8 Å². The summed E-state index contributed by atoms with van der Waals surface area (Å²) in [5, 5.41) is 11.6. The Hall–Kier alpha value is -1.63. The van der Waals surface area contributed by atoms with Crippen LogP contribution in [0.3, 0.4) is 0 Å². The second kappa shape index (κ2) is 7.58. The number of carbonyl (C=O) groups is 2. The zero-order chi connectivity index (χ0) is 16.9. The fraction of sp³-hybridized carbons (Fsp3) is 0.467. The molecule has 0 spiro atoms. The minimum atomic E-state index is -1.00. The molecule has 0 fully saturated rings.